The smallest absolute Gasteiger partial charge is 0.371 e. The lowest BCUT2D eigenvalue weighted by Crippen LogP contribution is -2.32. The van der Waals surface area contributed by atoms with Crippen LogP contribution in [0, 0.1) is 5.82 Å². The highest BCUT2D eigenvalue weighted by atomic mass is 79.9. The number of nitrogens with one attached hydrogen (secondary N) is 1. The standard InChI is InChI=1S/C22H15BrCl2F7NS2/c23-15-7-11(1-3-13(15)18(34)5-6-19(35)33-10-21(27,28)29)2-4-14(22(30,31)32)12-8-16(24)20(26)17(25)9-12/h1-4,7-9,14H,5-6,10H2,(H,33,35)/b4-2+. The first-order valence-electron chi connectivity index (χ1n) is 9.64. The third-order valence-electron chi connectivity index (χ3n) is 4.56. The molecule has 35 heavy (non-hydrogen) atoms. The largest absolute Gasteiger partial charge is 0.405 e. The van der Waals surface area contributed by atoms with Crippen LogP contribution < -0.4 is 5.32 Å². The fourth-order valence-corrected chi connectivity index (χ4v) is 4.61. The van der Waals surface area contributed by atoms with Crippen molar-refractivity contribution in [2.24, 2.45) is 0 Å². The maximum Gasteiger partial charge on any atom is 0.405 e. The summed E-state index contributed by atoms with van der Waals surface area (Å²) in [6.07, 6.45) is -6.65. The van der Waals surface area contributed by atoms with Crippen molar-refractivity contribution in [3.8, 4) is 0 Å². The third-order valence-corrected chi connectivity index (χ3v) is 6.54. The van der Waals surface area contributed by atoms with Crippen molar-refractivity contribution < 1.29 is 30.7 Å². The van der Waals surface area contributed by atoms with Crippen molar-refractivity contribution in [2.45, 2.75) is 31.1 Å². The molecule has 1 nitrogen and oxygen atoms in total. The summed E-state index contributed by atoms with van der Waals surface area (Å²) in [7, 11) is 0. The molecule has 0 radical (unpaired) electrons. The van der Waals surface area contributed by atoms with E-state index >= 15 is 0 Å². The Balaban J connectivity index is 2.15. The fourth-order valence-electron chi connectivity index (χ4n) is 2.88. The SMILES string of the molecule is Fc1c(Cl)cc(C(/C=C/c2ccc(C(=S)CCC(=S)NCC(F)(F)F)c(Br)c2)C(F)(F)F)cc1Cl. The highest BCUT2D eigenvalue weighted by Gasteiger charge is 2.39. The molecule has 2 aromatic carbocycles. The van der Waals surface area contributed by atoms with E-state index in [1.54, 1.807) is 6.07 Å². The van der Waals surface area contributed by atoms with E-state index in [4.69, 9.17) is 47.6 Å². The van der Waals surface area contributed by atoms with E-state index in [1.165, 1.54) is 18.2 Å². The van der Waals surface area contributed by atoms with E-state index in [1.807, 2.05) is 0 Å². The van der Waals surface area contributed by atoms with Crippen LogP contribution in [0.1, 0.15) is 35.4 Å². The summed E-state index contributed by atoms with van der Waals surface area (Å²) >= 11 is 24.8. The lowest BCUT2D eigenvalue weighted by molar-refractivity contribution is -0.139. The molecule has 1 atom stereocenters. The van der Waals surface area contributed by atoms with Crippen LogP contribution in [-0.4, -0.2) is 28.8 Å². The third kappa shape index (κ3) is 9.27. The van der Waals surface area contributed by atoms with Crippen LogP contribution in [-0.2, 0) is 0 Å². The Morgan fingerprint density at radius 3 is 2.11 bits per heavy atom. The Bertz CT molecular complexity index is 1110. The molecule has 0 heterocycles. The highest BCUT2D eigenvalue weighted by Crippen LogP contribution is 2.39. The van der Waals surface area contributed by atoms with E-state index in [-0.39, 0.29) is 23.4 Å². The van der Waals surface area contributed by atoms with Crippen LogP contribution in [0.4, 0.5) is 30.7 Å². The van der Waals surface area contributed by atoms with Gasteiger partial charge in [-0.25, -0.2) is 4.39 Å². The van der Waals surface area contributed by atoms with Crippen molar-refractivity contribution in [1.29, 1.82) is 0 Å². The molecule has 2 aromatic rings. The molecule has 0 saturated carbocycles. The number of benzene rings is 2. The molecule has 190 valence electrons. The van der Waals surface area contributed by atoms with E-state index in [0.29, 0.717) is 20.5 Å². The van der Waals surface area contributed by atoms with Crippen LogP contribution in [0.25, 0.3) is 6.08 Å². The van der Waals surface area contributed by atoms with Crippen LogP contribution in [0.2, 0.25) is 10.0 Å². The minimum Gasteiger partial charge on any atom is -0.371 e. The first-order valence-corrected chi connectivity index (χ1v) is 12.0. The molecule has 0 aliphatic rings. The van der Waals surface area contributed by atoms with Gasteiger partial charge in [0.1, 0.15) is 6.54 Å². The van der Waals surface area contributed by atoms with Crippen LogP contribution in [0.15, 0.2) is 40.9 Å². The number of hydrogen-bond acceptors (Lipinski definition) is 2. The summed E-state index contributed by atoms with van der Waals surface area (Å²) in [5.74, 6) is -3.10. The topological polar surface area (TPSA) is 12.0 Å². The summed E-state index contributed by atoms with van der Waals surface area (Å²) < 4.78 is 91.8. The second-order valence-corrected chi connectivity index (χ2v) is 9.89. The second-order valence-electron chi connectivity index (χ2n) is 7.23. The van der Waals surface area contributed by atoms with Crippen molar-refractivity contribution >= 4 is 79.5 Å². The molecular formula is C22H15BrCl2F7NS2. The molecule has 0 aromatic heterocycles. The molecule has 13 heteroatoms. The van der Waals surface area contributed by atoms with Gasteiger partial charge in [-0.1, -0.05) is 87.9 Å². The molecule has 0 saturated heterocycles. The van der Waals surface area contributed by atoms with Crippen molar-refractivity contribution in [3.63, 3.8) is 0 Å². The first kappa shape index (κ1) is 30.0. The van der Waals surface area contributed by atoms with Crippen LogP contribution in [0.5, 0.6) is 0 Å². The van der Waals surface area contributed by atoms with E-state index in [2.05, 4.69) is 21.2 Å². The molecular weight excluding hydrogens is 626 g/mol. The van der Waals surface area contributed by atoms with E-state index < -0.39 is 40.7 Å². The summed E-state index contributed by atoms with van der Waals surface area (Å²) in [5.41, 5.74) is 0.636. The number of hydrogen-bond donors (Lipinski definition) is 1. The minimum absolute atomic E-state index is 0.0135. The van der Waals surface area contributed by atoms with Gasteiger partial charge in [-0.05, 0) is 35.7 Å². The predicted molar refractivity (Wildman–Crippen MR) is 136 cm³/mol. The molecule has 0 amide bonds. The first-order chi connectivity index (χ1) is 16.1. The van der Waals surface area contributed by atoms with Gasteiger partial charge >= 0.3 is 12.4 Å². The summed E-state index contributed by atoms with van der Waals surface area (Å²) in [4.78, 5) is 0.423. The number of alkyl halides is 6. The maximum absolute atomic E-state index is 13.7. The average Bonchev–Trinajstić information content (AvgIpc) is 2.73. The van der Waals surface area contributed by atoms with Crippen molar-refractivity contribution in [1.82, 2.24) is 5.32 Å². The normalized spacial score (nSPS) is 13.2. The van der Waals surface area contributed by atoms with Gasteiger partial charge in [0, 0.05) is 21.3 Å². The van der Waals surface area contributed by atoms with Gasteiger partial charge in [-0.2, -0.15) is 26.3 Å². The highest BCUT2D eigenvalue weighted by molar-refractivity contribution is 9.10. The Labute approximate surface area is 225 Å². The van der Waals surface area contributed by atoms with Gasteiger partial charge in [0.25, 0.3) is 0 Å². The van der Waals surface area contributed by atoms with Crippen LogP contribution >= 0.6 is 63.6 Å². The van der Waals surface area contributed by atoms with Gasteiger partial charge in [0.2, 0.25) is 0 Å². The van der Waals surface area contributed by atoms with Crippen molar-refractivity contribution in [3.05, 3.63) is 73.4 Å². The average molecular weight is 641 g/mol. The second kappa shape index (κ2) is 12.3. The van der Waals surface area contributed by atoms with Gasteiger partial charge in [-0.15, -0.1) is 0 Å². The predicted octanol–water partition coefficient (Wildman–Crippen LogP) is 9.23. The zero-order chi connectivity index (χ0) is 26.6. The van der Waals surface area contributed by atoms with Crippen molar-refractivity contribution in [2.75, 3.05) is 6.54 Å². The van der Waals surface area contributed by atoms with E-state index in [0.717, 1.165) is 18.2 Å². The molecule has 0 aliphatic heterocycles. The monoisotopic (exact) mass is 639 g/mol. The maximum atomic E-state index is 13.7. The Morgan fingerprint density at radius 2 is 1.60 bits per heavy atom. The lowest BCUT2D eigenvalue weighted by Gasteiger charge is -2.18. The zero-order valence-electron chi connectivity index (χ0n) is 17.3. The van der Waals surface area contributed by atoms with E-state index in [9.17, 15) is 30.7 Å². The van der Waals surface area contributed by atoms with Gasteiger partial charge in [0.15, 0.2) is 5.82 Å². The number of thiocarbonyl (C=S) groups is 2. The summed E-state index contributed by atoms with van der Waals surface area (Å²) in [6, 6.07) is 6.39. The number of allylic oxidation sites excluding steroid dienone is 1. The Hall–Kier alpha value is -1.27. The Kier molecular flexibility index (Phi) is 10.5. The number of halogens is 10. The summed E-state index contributed by atoms with van der Waals surface area (Å²) in [5, 5.41) is 1.06. The van der Waals surface area contributed by atoms with Crippen LogP contribution in [0.3, 0.4) is 0 Å². The molecule has 2 rings (SSSR count). The molecule has 1 unspecified atom stereocenters. The fraction of sp³-hybridized carbons (Fsp3) is 0.273. The zero-order valence-corrected chi connectivity index (χ0v) is 22.1. The molecule has 0 fully saturated rings. The molecule has 0 spiro atoms. The minimum atomic E-state index is -4.70. The van der Waals surface area contributed by atoms with Gasteiger partial charge in [0.05, 0.1) is 21.0 Å². The molecule has 1 N–H and O–H groups in total. The van der Waals surface area contributed by atoms with Gasteiger partial charge < -0.3 is 5.32 Å². The molecule has 0 bridgehead atoms. The van der Waals surface area contributed by atoms with Gasteiger partial charge in [-0.3, -0.25) is 0 Å². The summed E-state index contributed by atoms with van der Waals surface area (Å²) in [6.45, 7) is -1.24. The molecule has 0 aliphatic carbocycles. The quantitative estimate of drug-likeness (QED) is 0.134. The number of rotatable bonds is 8. The lowest BCUT2D eigenvalue weighted by atomic mass is 9.96. The Morgan fingerprint density at radius 1 is 1.00 bits per heavy atom.